The molecule has 1 atom stereocenters. The number of para-hydroxylation sites is 1. The summed E-state index contributed by atoms with van der Waals surface area (Å²) in [6.45, 7) is 1.73. The molecule has 11 heteroatoms. The van der Waals surface area contributed by atoms with Gasteiger partial charge in [-0.25, -0.2) is 17.6 Å². The molecule has 2 bridgehead atoms. The molecule has 1 amide bonds. The van der Waals surface area contributed by atoms with Crippen LogP contribution in [-0.4, -0.2) is 56.0 Å². The number of anilines is 1. The Kier molecular flexibility index (Phi) is 6.70. The van der Waals surface area contributed by atoms with E-state index in [4.69, 9.17) is 14.2 Å². The molecule has 4 heterocycles. The van der Waals surface area contributed by atoms with Crippen molar-refractivity contribution in [1.29, 1.82) is 0 Å². The van der Waals surface area contributed by atoms with Crippen molar-refractivity contribution >= 4 is 22.5 Å². The van der Waals surface area contributed by atoms with Crippen LogP contribution in [0.4, 0.5) is 23.2 Å². The minimum atomic E-state index is -1.45. The predicted octanol–water partition coefficient (Wildman–Crippen LogP) is 5.32. The maximum atomic E-state index is 15.4. The Balaban J connectivity index is 1.41. The van der Waals surface area contributed by atoms with E-state index in [1.54, 1.807) is 0 Å². The molecule has 216 valence electrons. The highest BCUT2D eigenvalue weighted by Crippen LogP contribution is 2.41. The first-order valence-corrected chi connectivity index (χ1v) is 13.6. The number of hydrogen-bond acceptors (Lipinski definition) is 6. The van der Waals surface area contributed by atoms with Crippen molar-refractivity contribution in [3.8, 4) is 16.9 Å². The number of carbonyl (C=O) groups excluding carboxylic acids is 1. The number of fused-ring (bicyclic) bond motifs is 4. The van der Waals surface area contributed by atoms with E-state index in [1.807, 2.05) is 29.2 Å². The molecule has 1 unspecified atom stereocenters. The smallest absolute Gasteiger partial charge is 0.255 e. The number of nitrogens with zero attached hydrogens (tertiary/aromatic N) is 2. The lowest BCUT2D eigenvalue weighted by Gasteiger charge is -2.47. The van der Waals surface area contributed by atoms with Crippen LogP contribution in [0.15, 0.2) is 54.7 Å². The van der Waals surface area contributed by atoms with Gasteiger partial charge in [-0.1, -0.05) is 18.2 Å². The third kappa shape index (κ3) is 4.44. The van der Waals surface area contributed by atoms with Crippen LogP contribution in [-0.2, 0) is 9.47 Å². The zero-order chi connectivity index (χ0) is 29.0. The SMILES string of the molecule is O=C(NC1CCOc2ccccc21)c1cnc2c(-c3cc(F)cc(F)c3F)c(F)ccc2c1N1C2COCC1COC2. The Morgan fingerprint density at radius 2 is 1.67 bits per heavy atom. The van der Waals surface area contributed by atoms with Crippen molar-refractivity contribution in [2.45, 2.75) is 24.5 Å². The molecule has 7 nitrogen and oxygen atoms in total. The molecule has 0 radical (unpaired) electrons. The number of rotatable bonds is 4. The Hall–Kier alpha value is -4.22. The number of carbonyl (C=O) groups is 1. The second-order valence-corrected chi connectivity index (χ2v) is 10.6. The summed E-state index contributed by atoms with van der Waals surface area (Å²) < 4.78 is 76.0. The zero-order valence-electron chi connectivity index (χ0n) is 22.2. The molecule has 3 aromatic carbocycles. The lowest BCUT2D eigenvalue weighted by Crippen LogP contribution is -2.60. The first-order chi connectivity index (χ1) is 20.4. The molecule has 1 N–H and O–H groups in total. The number of hydrogen-bond donors (Lipinski definition) is 1. The van der Waals surface area contributed by atoms with Gasteiger partial charge in [0, 0.05) is 40.8 Å². The van der Waals surface area contributed by atoms with E-state index in [9.17, 15) is 18.0 Å². The number of aromatic nitrogens is 1. The number of nitrogens with one attached hydrogen (secondary N) is 1. The van der Waals surface area contributed by atoms with Gasteiger partial charge in [-0.3, -0.25) is 9.78 Å². The number of ether oxygens (including phenoxy) is 3. The molecule has 3 aliphatic heterocycles. The maximum Gasteiger partial charge on any atom is 0.255 e. The number of benzene rings is 3. The molecule has 42 heavy (non-hydrogen) atoms. The van der Waals surface area contributed by atoms with Gasteiger partial charge in [-0.15, -0.1) is 0 Å². The lowest BCUT2D eigenvalue weighted by atomic mass is 9.95. The van der Waals surface area contributed by atoms with Crippen molar-refractivity contribution in [1.82, 2.24) is 10.3 Å². The molecule has 0 spiro atoms. The quantitative estimate of drug-likeness (QED) is 0.261. The van der Waals surface area contributed by atoms with Crippen LogP contribution >= 0.6 is 0 Å². The van der Waals surface area contributed by atoms with E-state index in [1.165, 1.54) is 12.3 Å². The zero-order valence-corrected chi connectivity index (χ0v) is 22.2. The fraction of sp³-hybridized carbons (Fsp3) is 0.290. The monoisotopic (exact) mass is 579 g/mol. The van der Waals surface area contributed by atoms with Crippen LogP contribution in [0.1, 0.15) is 28.4 Å². The van der Waals surface area contributed by atoms with E-state index in [2.05, 4.69) is 10.3 Å². The summed E-state index contributed by atoms with van der Waals surface area (Å²) in [6.07, 6.45) is 1.86. The summed E-state index contributed by atoms with van der Waals surface area (Å²) in [5.74, 6) is -4.55. The standard InChI is InChI=1S/C31H25F4N3O4/c32-16-9-21(28(35)24(34)10-16)27-23(33)6-5-20-29(27)36-11-22(30(20)38-17-12-40-14-18(38)15-41-13-17)31(39)37-25-7-8-42-26-4-2-1-3-19(25)26/h1-6,9-11,17-18,25H,7-8,12-15H2,(H,37,39). The Bertz CT molecular complexity index is 1700. The van der Waals surface area contributed by atoms with E-state index >= 15 is 4.39 Å². The molecule has 3 aliphatic rings. The highest BCUT2D eigenvalue weighted by atomic mass is 19.2. The van der Waals surface area contributed by atoms with Crippen LogP contribution in [0.5, 0.6) is 5.75 Å². The van der Waals surface area contributed by atoms with Crippen LogP contribution in [0.3, 0.4) is 0 Å². The first-order valence-electron chi connectivity index (χ1n) is 13.6. The molecule has 2 fully saturated rings. The predicted molar refractivity (Wildman–Crippen MR) is 145 cm³/mol. The van der Waals surface area contributed by atoms with Crippen LogP contribution in [0, 0.1) is 23.3 Å². The molecular weight excluding hydrogens is 554 g/mol. The van der Waals surface area contributed by atoms with Gasteiger partial charge < -0.3 is 24.4 Å². The summed E-state index contributed by atoms with van der Waals surface area (Å²) >= 11 is 0. The molecular formula is C31H25F4N3O4. The van der Waals surface area contributed by atoms with E-state index in [-0.39, 0.29) is 29.2 Å². The molecule has 0 saturated carbocycles. The molecule has 1 aromatic heterocycles. The average Bonchev–Trinajstić information content (AvgIpc) is 2.98. The summed E-state index contributed by atoms with van der Waals surface area (Å²) in [4.78, 5) is 20.4. The number of morpholine rings is 2. The van der Waals surface area contributed by atoms with Crippen molar-refractivity contribution < 1.29 is 36.6 Å². The normalized spacial score (nSPS) is 21.5. The van der Waals surface area contributed by atoms with Gasteiger partial charge in [0.25, 0.3) is 5.91 Å². The second-order valence-electron chi connectivity index (χ2n) is 10.6. The highest BCUT2D eigenvalue weighted by molar-refractivity contribution is 6.10. The summed E-state index contributed by atoms with van der Waals surface area (Å²) in [7, 11) is 0. The lowest BCUT2D eigenvalue weighted by molar-refractivity contribution is -0.0345. The first kappa shape index (κ1) is 26.7. The van der Waals surface area contributed by atoms with Crippen LogP contribution < -0.4 is 15.0 Å². The van der Waals surface area contributed by atoms with Crippen molar-refractivity contribution in [2.75, 3.05) is 37.9 Å². The van der Waals surface area contributed by atoms with Gasteiger partial charge in [0.1, 0.15) is 17.4 Å². The number of pyridine rings is 1. The van der Waals surface area contributed by atoms with Gasteiger partial charge in [0.05, 0.1) is 67.9 Å². The number of amides is 1. The Morgan fingerprint density at radius 3 is 2.43 bits per heavy atom. The van der Waals surface area contributed by atoms with Crippen LogP contribution in [0.25, 0.3) is 22.0 Å². The number of halogens is 4. The largest absolute Gasteiger partial charge is 0.493 e. The average molecular weight is 580 g/mol. The van der Waals surface area contributed by atoms with Crippen molar-refractivity contribution in [2.24, 2.45) is 0 Å². The summed E-state index contributed by atoms with van der Waals surface area (Å²) in [5.41, 5.74) is 0.469. The van der Waals surface area contributed by atoms with Crippen molar-refractivity contribution in [3.63, 3.8) is 0 Å². The molecule has 4 aromatic rings. The van der Waals surface area contributed by atoms with E-state index < -0.39 is 40.3 Å². The molecule has 2 saturated heterocycles. The molecule has 0 aliphatic carbocycles. The topological polar surface area (TPSA) is 72.9 Å². The van der Waals surface area contributed by atoms with Gasteiger partial charge in [0.2, 0.25) is 0 Å². The van der Waals surface area contributed by atoms with Crippen molar-refractivity contribution in [3.05, 3.63) is 89.1 Å². The second kappa shape index (κ2) is 10.6. The minimum absolute atomic E-state index is 0.0349. The van der Waals surface area contributed by atoms with Gasteiger partial charge in [-0.2, -0.15) is 0 Å². The Morgan fingerprint density at radius 1 is 0.929 bits per heavy atom. The fourth-order valence-corrected chi connectivity index (χ4v) is 6.15. The maximum absolute atomic E-state index is 15.4. The summed E-state index contributed by atoms with van der Waals surface area (Å²) in [6, 6.07) is 10.3. The van der Waals surface area contributed by atoms with Gasteiger partial charge in [-0.05, 0) is 24.3 Å². The van der Waals surface area contributed by atoms with E-state index in [0.717, 1.165) is 17.7 Å². The highest BCUT2D eigenvalue weighted by Gasteiger charge is 2.39. The summed E-state index contributed by atoms with van der Waals surface area (Å²) in [5, 5.41) is 3.43. The van der Waals surface area contributed by atoms with E-state index in [0.29, 0.717) is 62.3 Å². The Labute approximate surface area is 238 Å². The van der Waals surface area contributed by atoms with Gasteiger partial charge >= 0.3 is 0 Å². The third-order valence-electron chi connectivity index (χ3n) is 8.02. The minimum Gasteiger partial charge on any atom is -0.493 e. The van der Waals surface area contributed by atoms with Gasteiger partial charge in [0.15, 0.2) is 11.6 Å². The molecule has 7 rings (SSSR count). The fourth-order valence-electron chi connectivity index (χ4n) is 6.15. The van der Waals surface area contributed by atoms with Crippen LogP contribution in [0.2, 0.25) is 0 Å². The third-order valence-corrected chi connectivity index (χ3v) is 8.02.